The Morgan fingerprint density at radius 2 is 1.98 bits per heavy atom. The second-order valence-electron chi connectivity index (χ2n) is 8.71. The summed E-state index contributed by atoms with van der Waals surface area (Å²) in [4.78, 5) is 28.1. The Morgan fingerprint density at radius 3 is 2.75 bits per heavy atom. The number of hydrogen-bond donors (Lipinski definition) is 3. The number of amides is 1. The topological polar surface area (TPSA) is 122 Å². The van der Waals surface area contributed by atoms with E-state index in [-0.39, 0.29) is 18.7 Å². The molecule has 0 fully saturated rings. The third-order valence-electron chi connectivity index (χ3n) is 5.98. The standard InChI is InChI=1S/C27H30F2N6O4S/c1-3-35(8-9-36)7-4-10-39-24-14-21-19(13-23(24)38-2)26(32-16-31-21)34-27-30-15-18(40-27)12-25(37)33-22-11-17(28)5-6-20(22)29/h5-6,11,13-16,36H,3-4,7-10,12H2,1-2H3,(H,33,37)(H,30,31,32,34). The number of nitrogens with one attached hydrogen (secondary N) is 2. The minimum atomic E-state index is -0.720. The predicted octanol–water partition coefficient (Wildman–Crippen LogP) is 4.38. The highest BCUT2D eigenvalue weighted by atomic mass is 32.1. The van der Waals surface area contributed by atoms with Crippen LogP contribution >= 0.6 is 11.3 Å². The van der Waals surface area contributed by atoms with Gasteiger partial charge in [-0.25, -0.2) is 23.7 Å². The first-order valence-corrected chi connectivity index (χ1v) is 13.5. The van der Waals surface area contributed by atoms with E-state index in [4.69, 9.17) is 14.6 Å². The second kappa shape index (κ2) is 13.9. The zero-order valence-electron chi connectivity index (χ0n) is 22.1. The van der Waals surface area contributed by atoms with Crippen LogP contribution in [0.2, 0.25) is 0 Å². The summed E-state index contributed by atoms with van der Waals surface area (Å²) in [6.45, 7) is 4.94. The molecule has 0 bridgehead atoms. The average molecular weight is 573 g/mol. The van der Waals surface area contributed by atoms with E-state index < -0.39 is 17.5 Å². The van der Waals surface area contributed by atoms with Crippen molar-refractivity contribution in [2.45, 2.75) is 19.8 Å². The fraction of sp³-hybridized carbons (Fsp3) is 0.333. The van der Waals surface area contributed by atoms with Crippen LogP contribution in [0.4, 0.5) is 25.4 Å². The van der Waals surface area contributed by atoms with Crippen LogP contribution in [0.5, 0.6) is 11.5 Å². The lowest BCUT2D eigenvalue weighted by molar-refractivity contribution is -0.115. The SMILES string of the molecule is CCN(CCO)CCCOc1cc2ncnc(Nc3ncc(CC(=O)Nc4cc(F)ccc4F)s3)c2cc1OC. The van der Waals surface area contributed by atoms with Crippen molar-refractivity contribution in [2.24, 2.45) is 0 Å². The van der Waals surface area contributed by atoms with Crippen LogP contribution in [0.25, 0.3) is 10.9 Å². The number of ether oxygens (including phenoxy) is 2. The molecule has 3 N–H and O–H groups in total. The molecule has 0 saturated carbocycles. The Morgan fingerprint density at radius 1 is 1.12 bits per heavy atom. The van der Waals surface area contributed by atoms with Gasteiger partial charge in [0, 0.05) is 41.7 Å². The van der Waals surface area contributed by atoms with Crippen molar-refractivity contribution in [3.63, 3.8) is 0 Å². The van der Waals surface area contributed by atoms with E-state index in [1.54, 1.807) is 19.2 Å². The third-order valence-corrected chi connectivity index (χ3v) is 6.89. The van der Waals surface area contributed by atoms with E-state index >= 15 is 0 Å². The van der Waals surface area contributed by atoms with Gasteiger partial charge in [-0.2, -0.15) is 0 Å². The highest BCUT2D eigenvalue weighted by molar-refractivity contribution is 7.15. The van der Waals surface area contributed by atoms with Crippen molar-refractivity contribution >= 4 is 44.8 Å². The highest BCUT2D eigenvalue weighted by Gasteiger charge is 2.15. The first-order chi connectivity index (χ1) is 19.4. The number of halogens is 2. The summed E-state index contributed by atoms with van der Waals surface area (Å²) >= 11 is 1.23. The van der Waals surface area contributed by atoms with Gasteiger partial charge in [-0.05, 0) is 31.2 Å². The number of aliphatic hydroxyl groups is 1. The molecule has 10 nitrogen and oxygen atoms in total. The maximum atomic E-state index is 13.8. The molecular weight excluding hydrogens is 542 g/mol. The van der Waals surface area contributed by atoms with Crippen LogP contribution in [0.1, 0.15) is 18.2 Å². The summed E-state index contributed by atoms with van der Waals surface area (Å²) in [6, 6.07) is 6.44. The van der Waals surface area contributed by atoms with Crippen molar-refractivity contribution < 1.29 is 28.2 Å². The van der Waals surface area contributed by atoms with E-state index in [0.717, 1.165) is 37.7 Å². The number of benzene rings is 2. The van der Waals surface area contributed by atoms with Gasteiger partial charge >= 0.3 is 0 Å². The molecule has 0 aliphatic rings. The molecule has 1 amide bonds. The van der Waals surface area contributed by atoms with Crippen molar-refractivity contribution in [3.8, 4) is 11.5 Å². The highest BCUT2D eigenvalue weighted by Crippen LogP contribution is 2.35. The molecule has 13 heteroatoms. The summed E-state index contributed by atoms with van der Waals surface area (Å²) in [5, 5.41) is 15.8. The van der Waals surface area contributed by atoms with Gasteiger partial charge in [-0.3, -0.25) is 4.79 Å². The van der Waals surface area contributed by atoms with Gasteiger partial charge in [0.15, 0.2) is 16.6 Å². The van der Waals surface area contributed by atoms with Gasteiger partial charge in [0.1, 0.15) is 23.8 Å². The Hall–Kier alpha value is -3.94. The van der Waals surface area contributed by atoms with Crippen LogP contribution in [0, 0.1) is 11.6 Å². The number of anilines is 3. The number of methoxy groups -OCH3 is 1. The molecule has 4 rings (SSSR count). The number of rotatable bonds is 14. The number of aromatic nitrogens is 3. The van der Waals surface area contributed by atoms with Gasteiger partial charge in [0.2, 0.25) is 5.91 Å². The molecule has 0 atom stereocenters. The van der Waals surface area contributed by atoms with Crippen molar-refractivity contribution in [2.75, 3.05) is 50.6 Å². The van der Waals surface area contributed by atoms with Crippen LogP contribution < -0.4 is 20.1 Å². The van der Waals surface area contributed by atoms with Crippen LogP contribution in [0.3, 0.4) is 0 Å². The van der Waals surface area contributed by atoms with Crippen LogP contribution in [-0.4, -0.2) is 70.8 Å². The molecule has 0 radical (unpaired) electrons. The van der Waals surface area contributed by atoms with Crippen molar-refractivity contribution in [3.05, 3.63) is 59.4 Å². The molecule has 4 aromatic rings. The van der Waals surface area contributed by atoms with E-state index in [0.29, 0.717) is 51.4 Å². The van der Waals surface area contributed by atoms with E-state index in [9.17, 15) is 13.6 Å². The number of carbonyl (C=O) groups excluding carboxylic acids is 1. The van der Waals surface area contributed by atoms with Crippen LogP contribution in [0.15, 0.2) is 42.9 Å². The lowest BCUT2D eigenvalue weighted by Crippen LogP contribution is -2.28. The maximum absolute atomic E-state index is 13.8. The number of carbonyl (C=O) groups is 1. The Bertz CT molecular complexity index is 1450. The molecule has 2 aromatic heterocycles. The van der Waals surface area contributed by atoms with E-state index in [1.165, 1.54) is 23.9 Å². The minimum absolute atomic E-state index is 0.0651. The van der Waals surface area contributed by atoms with E-state index in [2.05, 4.69) is 37.4 Å². The number of likely N-dealkylation sites (N-methyl/N-ethyl adjacent to an activating group) is 1. The fourth-order valence-corrected chi connectivity index (χ4v) is 4.78. The zero-order valence-corrected chi connectivity index (χ0v) is 22.9. The summed E-state index contributed by atoms with van der Waals surface area (Å²) in [5.74, 6) is -0.297. The molecule has 0 unspecified atom stereocenters. The molecule has 40 heavy (non-hydrogen) atoms. The van der Waals surface area contributed by atoms with Crippen molar-refractivity contribution in [1.29, 1.82) is 0 Å². The van der Waals surface area contributed by atoms with Gasteiger partial charge in [0.05, 0.1) is 37.9 Å². The third kappa shape index (κ3) is 7.58. The zero-order chi connectivity index (χ0) is 28.5. The van der Waals surface area contributed by atoms with E-state index in [1.807, 2.05) is 0 Å². The Balaban J connectivity index is 1.41. The Labute approximate surface area is 234 Å². The summed E-state index contributed by atoms with van der Waals surface area (Å²) in [6.07, 6.45) is 3.67. The number of fused-ring (bicyclic) bond motifs is 1. The second-order valence-corrected chi connectivity index (χ2v) is 9.82. The number of aliphatic hydroxyl groups excluding tert-OH is 1. The predicted molar refractivity (Wildman–Crippen MR) is 149 cm³/mol. The molecule has 2 aromatic carbocycles. The lowest BCUT2D eigenvalue weighted by atomic mass is 10.2. The quantitative estimate of drug-likeness (QED) is 0.189. The summed E-state index contributed by atoms with van der Waals surface area (Å²) in [5.41, 5.74) is 0.416. The van der Waals surface area contributed by atoms with Gasteiger partial charge in [-0.1, -0.05) is 6.92 Å². The maximum Gasteiger partial charge on any atom is 0.229 e. The average Bonchev–Trinajstić information content (AvgIpc) is 3.38. The molecule has 0 aliphatic heterocycles. The monoisotopic (exact) mass is 572 g/mol. The number of thiazole rings is 1. The number of nitrogens with zero attached hydrogens (tertiary/aromatic N) is 4. The van der Waals surface area contributed by atoms with Gasteiger partial charge in [0.25, 0.3) is 0 Å². The van der Waals surface area contributed by atoms with Gasteiger partial charge in [-0.15, -0.1) is 11.3 Å². The number of hydrogen-bond acceptors (Lipinski definition) is 10. The minimum Gasteiger partial charge on any atom is -0.493 e. The largest absolute Gasteiger partial charge is 0.493 e. The first kappa shape index (κ1) is 29.1. The molecular formula is C27H30F2N6O4S. The smallest absolute Gasteiger partial charge is 0.229 e. The molecule has 0 aliphatic carbocycles. The first-order valence-electron chi connectivity index (χ1n) is 12.7. The lowest BCUT2D eigenvalue weighted by Gasteiger charge is -2.19. The fourth-order valence-electron chi connectivity index (χ4n) is 3.97. The molecule has 0 saturated heterocycles. The molecule has 212 valence electrons. The summed E-state index contributed by atoms with van der Waals surface area (Å²) in [7, 11) is 1.55. The van der Waals surface area contributed by atoms with Crippen LogP contribution in [-0.2, 0) is 11.2 Å². The Kier molecular flexibility index (Phi) is 10.1. The normalized spacial score (nSPS) is 11.2. The molecule has 0 spiro atoms. The van der Waals surface area contributed by atoms with Gasteiger partial charge < -0.3 is 30.1 Å². The summed E-state index contributed by atoms with van der Waals surface area (Å²) < 4.78 is 38.7. The van der Waals surface area contributed by atoms with Crippen molar-refractivity contribution in [1.82, 2.24) is 19.9 Å². The molecule has 2 heterocycles.